The van der Waals surface area contributed by atoms with Gasteiger partial charge in [-0.3, -0.25) is 4.57 Å². The second kappa shape index (κ2) is 8.64. The molecule has 4 rings (SSSR count). The smallest absolute Gasteiger partial charge is 0.192 e. The lowest BCUT2D eigenvalue weighted by Gasteiger charge is -2.40. The summed E-state index contributed by atoms with van der Waals surface area (Å²) >= 11 is 0. The number of hydrogen-bond donors (Lipinski definition) is 3. The number of anilines is 1. The van der Waals surface area contributed by atoms with Crippen LogP contribution in [0.25, 0.3) is 11.2 Å². The fraction of sp³-hybridized carbons (Fsp3) is 0.773. The molecule has 1 saturated heterocycles. The van der Waals surface area contributed by atoms with Gasteiger partial charge in [0.25, 0.3) is 0 Å². The summed E-state index contributed by atoms with van der Waals surface area (Å²) in [4.78, 5) is 13.4. The number of fused-ring (bicyclic) bond motifs is 1. The molecule has 0 amide bonds. The van der Waals surface area contributed by atoms with Crippen molar-refractivity contribution in [1.29, 1.82) is 0 Å². The number of ether oxygens (including phenoxy) is 1. The Kier molecular flexibility index (Phi) is 6.36. The first-order valence-corrected chi connectivity index (χ1v) is 14.6. The highest BCUT2D eigenvalue weighted by atomic mass is 28.4. The molecular weight excluding hydrogens is 426 g/mol. The van der Waals surface area contributed by atoms with Crippen molar-refractivity contribution in [2.45, 2.75) is 108 Å². The van der Waals surface area contributed by atoms with Crippen LogP contribution in [0.1, 0.15) is 59.6 Å². The first-order valence-electron chi connectivity index (χ1n) is 11.7. The molecule has 1 aliphatic carbocycles. The quantitative estimate of drug-likeness (QED) is 0.560. The predicted octanol–water partition coefficient (Wildman–Crippen LogP) is 3.21. The molecule has 2 unspecified atom stereocenters. The summed E-state index contributed by atoms with van der Waals surface area (Å²) in [6, 6.07) is 0.159. The summed E-state index contributed by atoms with van der Waals surface area (Å²) in [5.41, 5.74) is 1.19. The molecule has 1 aliphatic heterocycles. The van der Waals surface area contributed by atoms with Crippen LogP contribution >= 0.6 is 0 Å². The average Bonchev–Trinajstić information content (AvgIpc) is 3.41. The minimum Gasteiger partial charge on any atom is -0.412 e. The largest absolute Gasteiger partial charge is 0.412 e. The van der Waals surface area contributed by atoms with Gasteiger partial charge in [-0.15, -0.1) is 0 Å². The molecule has 3 heterocycles. The molecule has 9 nitrogen and oxygen atoms in total. The number of rotatable bonds is 6. The van der Waals surface area contributed by atoms with Crippen LogP contribution in [0.15, 0.2) is 12.7 Å². The van der Waals surface area contributed by atoms with Gasteiger partial charge in [0.05, 0.1) is 24.6 Å². The molecular formula is C22H37N5O4Si. The Bertz CT molecular complexity index is 946. The van der Waals surface area contributed by atoms with Crippen LogP contribution in [0, 0.1) is 0 Å². The number of nitrogens with zero attached hydrogens (tertiary/aromatic N) is 4. The number of hydrogen-bond acceptors (Lipinski definition) is 8. The number of nitrogens with one attached hydrogen (secondary N) is 1. The van der Waals surface area contributed by atoms with Crippen LogP contribution in [-0.2, 0) is 9.16 Å². The van der Waals surface area contributed by atoms with Crippen molar-refractivity contribution in [3.63, 3.8) is 0 Å². The van der Waals surface area contributed by atoms with E-state index in [0.717, 1.165) is 19.3 Å². The van der Waals surface area contributed by atoms with Crippen molar-refractivity contribution in [2.24, 2.45) is 0 Å². The van der Waals surface area contributed by atoms with Crippen molar-refractivity contribution in [2.75, 3.05) is 5.32 Å². The normalized spacial score (nSPS) is 31.5. The van der Waals surface area contributed by atoms with Gasteiger partial charge in [0.15, 0.2) is 31.5 Å². The van der Waals surface area contributed by atoms with E-state index >= 15 is 0 Å². The van der Waals surface area contributed by atoms with Gasteiger partial charge in [0, 0.05) is 0 Å². The zero-order chi connectivity index (χ0) is 23.3. The molecule has 10 heteroatoms. The first-order chi connectivity index (χ1) is 15.0. The fourth-order valence-electron chi connectivity index (χ4n) is 4.40. The molecule has 0 aromatic carbocycles. The van der Waals surface area contributed by atoms with Gasteiger partial charge in [-0.2, -0.15) is 0 Å². The van der Waals surface area contributed by atoms with Gasteiger partial charge in [-0.25, -0.2) is 15.0 Å². The van der Waals surface area contributed by atoms with Crippen LogP contribution < -0.4 is 5.32 Å². The molecule has 2 aromatic heterocycles. The highest BCUT2D eigenvalue weighted by Crippen LogP contribution is 2.40. The lowest BCUT2D eigenvalue weighted by Crippen LogP contribution is -2.47. The molecule has 1 saturated carbocycles. The molecule has 0 spiro atoms. The molecule has 6 atom stereocenters. The molecule has 2 aromatic rings. The molecule has 3 N–H and O–H groups in total. The summed E-state index contributed by atoms with van der Waals surface area (Å²) in [6.07, 6.45) is 3.88. The van der Waals surface area contributed by atoms with Gasteiger partial charge in [-0.05, 0) is 43.8 Å². The molecule has 2 fully saturated rings. The Morgan fingerprint density at radius 1 is 1.19 bits per heavy atom. The highest BCUT2D eigenvalue weighted by molar-refractivity contribution is 6.74. The lowest BCUT2D eigenvalue weighted by atomic mass is 10.1. The third kappa shape index (κ3) is 4.18. The predicted molar refractivity (Wildman–Crippen MR) is 125 cm³/mol. The van der Waals surface area contributed by atoms with E-state index in [9.17, 15) is 10.2 Å². The number of aliphatic hydroxyl groups is 2. The van der Waals surface area contributed by atoms with E-state index in [-0.39, 0.29) is 17.2 Å². The summed E-state index contributed by atoms with van der Waals surface area (Å²) < 4.78 is 14.3. The van der Waals surface area contributed by atoms with Crippen molar-refractivity contribution in [3.05, 3.63) is 12.7 Å². The molecule has 0 bridgehead atoms. The molecule has 32 heavy (non-hydrogen) atoms. The average molecular weight is 464 g/mol. The summed E-state index contributed by atoms with van der Waals surface area (Å²) in [5, 5.41) is 24.5. The minimum atomic E-state index is -1.88. The minimum absolute atomic E-state index is 0.142. The van der Waals surface area contributed by atoms with Crippen LogP contribution in [0.3, 0.4) is 0 Å². The van der Waals surface area contributed by atoms with E-state index in [1.54, 1.807) is 10.9 Å². The Balaban J connectivity index is 1.56. The van der Waals surface area contributed by atoms with Crippen LogP contribution in [-0.4, -0.2) is 68.5 Å². The Hall–Kier alpha value is -1.59. The molecule has 178 valence electrons. The second-order valence-corrected chi connectivity index (χ2v) is 15.4. The zero-order valence-corrected chi connectivity index (χ0v) is 20.9. The van der Waals surface area contributed by atoms with Gasteiger partial charge in [0.1, 0.15) is 18.5 Å². The van der Waals surface area contributed by atoms with Crippen LogP contribution in [0.2, 0.25) is 18.1 Å². The van der Waals surface area contributed by atoms with Crippen molar-refractivity contribution in [3.8, 4) is 0 Å². The van der Waals surface area contributed by atoms with E-state index in [2.05, 4.69) is 54.1 Å². The fourth-order valence-corrected chi connectivity index (χ4v) is 5.80. The third-order valence-electron chi connectivity index (χ3n) is 7.40. The maximum Gasteiger partial charge on any atom is 0.192 e. The van der Waals surface area contributed by atoms with E-state index in [4.69, 9.17) is 9.16 Å². The van der Waals surface area contributed by atoms with Crippen LogP contribution in [0.4, 0.5) is 5.82 Å². The molecule has 0 radical (unpaired) electrons. The monoisotopic (exact) mass is 463 g/mol. The summed E-state index contributed by atoms with van der Waals surface area (Å²) in [6.45, 7) is 13.3. The van der Waals surface area contributed by atoms with E-state index in [1.807, 2.05) is 6.92 Å². The maximum atomic E-state index is 10.5. The topological polar surface area (TPSA) is 115 Å². The van der Waals surface area contributed by atoms with Gasteiger partial charge >= 0.3 is 0 Å². The Morgan fingerprint density at radius 3 is 2.59 bits per heavy atom. The maximum absolute atomic E-state index is 10.5. The summed E-state index contributed by atoms with van der Waals surface area (Å²) in [5.74, 6) is 0.657. The van der Waals surface area contributed by atoms with E-state index < -0.39 is 32.9 Å². The Morgan fingerprint density at radius 2 is 1.94 bits per heavy atom. The zero-order valence-electron chi connectivity index (χ0n) is 19.9. The van der Waals surface area contributed by atoms with E-state index in [0.29, 0.717) is 23.4 Å². The van der Waals surface area contributed by atoms with Crippen molar-refractivity contribution >= 4 is 25.3 Å². The number of imidazole rings is 1. The van der Waals surface area contributed by atoms with Gasteiger partial charge in [0.2, 0.25) is 0 Å². The third-order valence-corrected chi connectivity index (χ3v) is 11.9. The summed E-state index contributed by atoms with van der Waals surface area (Å²) in [7, 11) is -1.88. The SMILES string of the molecule is CC[C@H]1O[C@@H](n2cnc3c(NC4CCCC4O[Si](C)(C)C(C)(C)C)ncnc32)[C@H](O)[C@@H]1O. The Labute approximate surface area is 190 Å². The first kappa shape index (κ1) is 23.6. The van der Waals surface area contributed by atoms with Crippen molar-refractivity contribution < 1.29 is 19.4 Å². The van der Waals surface area contributed by atoms with Crippen LogP contribution in [0.5, 0.6) is 0 Å². The lowest BCUT2D eigenvalue weighted by molar-refractivity contribution is -0.0355. The van der Waals surface area contributed by atoms with Gasteiger partial charge in [-0.1, -0.05) is 27.7 Å². The van der Waals surface area contributed by atoms with Crippen molar-refractivity contribution in [1.82, 2.24) is 19.5 Å². The second-order valence-electron chi connectivity index (χ2n) is 10.6. The van der Waals surface area contributed by atoms with Gasteiger partial charge < -0.3 is 24.7 Å². The standard InChI is InChI=1S/C22H37N5O4Si/c1-7-14-17(28)18(29)21(30-14)27-12-25-16-19(23-11-24-20(16)27)26-13-9-8-10-15(13)31-32(5,6)22(2,3)4/h11-15,17-18,21,28-29H,7-10H2,1-6H3,(H,23,24,26)/t13?,14-,15?,17-,18-,21-/m1/s1. The highest BCUT2D eigenvalue weighted by Gasteiger charge is 2.44. The number of aromatic nitrogens is 4. The van der Waals surface area contributed by atoms with E-state index in [1.165, 1.54) is 6.33 Å². The number of aliphatic hydroxyl groups excluding tert-OH is 2. The molecule has 2 aliphatic rings.